The number of benzene rings is 1. The van der Waals surface area contributed by atoms with Gasteiger partial charge in [0.1, 0.15) is 0 Å². The first-order chi connectivity index (χ1) is 16.8. The number of halogens is 3. The lowest BCUT2D eigenvalue weighted by Gasteiger charge is -2.36. The van der Waals surface area contributed by atoms with Crippen molar-refractivity contribution in [2.75, 3.05) is 37.6 Å². The van der Waals surface area contributed by atoms with Gasteiger partial charge < -0.3 is 10.2 Å². The molecule has 1 aromatic heterocycles. The molecule has 2 aliphatic rings. The fourth-order valence-corrected chi connectivity index (χ4v) is 5.45. The third-order valence-electron chi connectivity index (χ3n) is 7.21. The largest absolute Gasteiger partial charge is 0.417 e. The van der Waals surface area contributed by atoms with Crippen LogP contribution in [0.3, 0.4) is 0 Å². The normalized spacial score (nSPS) is 21.6. The Balaban J connectivity index is 1.49. The fraction of sp³-hybridized carbons (Fsp3) is 0.500. The van der Waals surface area contributed by atoms with Crippen molar-refractivity contribution in [3.63, 3.8) is 0 Å². The van der Waals surface area contributed by atoms with Crippen LogP contribution >= 0.6 is 0 Å². The van der Waals surface area contributed by atoms with E-state index < -0.39 is 17.3 Å². The smallest absolute Gasteiger partial charge is 0.370 e. The number of amides is 1. The first-order valence-corrected chi connectivity index (χ1v) is 12.1. The van der Waals surface area contributed by atoms with Gasteiger partial charge in [-0.1, -0.05) is 6.07 Å². The number of carbonyl (C=O) groups is 1. The summed E-state index contributed by atoms with van der Waals surface area (Å²) >= 11 is 0. The van der Waals surface area contributed by atoms with Gasteiger partial charge in [0.2, 0.25) is 5.91 Å². The number of piperidine rings is 1. The molecule has 0 saturated carbocycles. The van der Waals surface area contributed by atoms with Crippen LogP contribution in [0.15, 0.2) is 42.7 Å². The molecule has 1 aromatic carbocycles. The van der Waals surface area contributed by atoms with Crippen molar-refractivity contribution in [3.05, 3.63) is 59.4 Å². The second-order valence-electron chi connectivity index (χ2n) is 9.38. The average molecular weight is 486 g/mol. The Bertz CT molecular complexity index is 1060. The predicted molar refractivity (Wildman–Crippen MR) is 126 cm³/mol. The molecule has 35 heavy (non-hydrogen) atoms. The number of nitrogens with one attached hydrogen (secondary N) is 1. The number of anilines is 1. The molecule has 0 aliphatic carbocycles. The highest BCUT2D eigenvalue weighted by Gasteiger charge is 2.43. The SMILES string of the molecule is CCNC(=O)[C@@H]1CN(c2ccc(C#N)c(C(F)(F)F)c2)C[C@H]1C1CCN(Cc2cccnc2)CC1. The highest BCUT2D eigenvalue weighted by atomic mass is 19.4. The van der Waals surface area contributed by atoms with Crippen molar-refractivity contribution in [2.24, 2.45) is 17.8 Å². The van der Waals surface area contributed by atoms with E-state index in [1.54, 1.807) is 18.3 Å². The van der Waals surface area contributed by atoms with Gasteiger partial charge in [-0.3, -0.25) is 14.7 Å². The van der Waals surface area contributed by atoms with Crippen LogP contribution < -0.4 is 10.2 Å². The van der Waals surface area contributed by atoms with Crippen molar-refractivity contribution in [1.82, 2.24) is 15.2 Å². The number of hydrogen-bond donors (Lipinski definition) is 1. The Morgan fingerprint density at radius 1 is 1.23 bits per heavy atom. The number of aromatic nitrogens is 1. The Labute approximate surface area is 203 Å². The maximum Gasteiger partial charge on any atom is 0.417 e. The molecule has 4 rings (SSSR count). The Morgan fingerprint density at radius 3 is 2.63 bits per heavy atom. The minimum atomic E-state index is -4.61. The summed E-state index contributed by atoms with van der Waals surface area (Å²) < 4.78 is 40.6. The fourth-order valence-electron chi connectivity index (χ4n) is 5.45. The zero-order valence-corrected chi connectivity index (χ0v) is 19.8. The van der Waals surface area contributed by atoms with Gasteiger partial charge in [-0.15, -0.1) is 0 Å². The molecule has 0 unspecified atom stereocenters. The van der Waals surface area contributed by atoms with Crippen molar-refractivity contribution in [2.45, 2.75) is 32.5 Å². The topological polar surface area (TPSA) is 72.3 Å². The summed E-state index contributed by atoms with van der Waals surface area (Å²) in [6.07, 6.45) is 0.902. The zero-order valence-electron chi connectivity index (χ0n) is 19.8. The number of pyridine rings is 1. The van der Waals surface area contributed by atoms with E-state index in [-0.39, 0.29) is 17.7 Å². The van der Waals surface area contributed by atoms with E-state index in [0.717, 1.165) is 38.5 Å². The second-order valence-corrected chi connectivity index (χ2v) is 9.38. The molecule has 2 aromatic rings. The minimum absolute atomic E-state index is 0.0394. The number of alkyl halides is 3. The number of rotatable bonds is 6. The first kappa shape index (κ1) is 25.0. The number of carbonyl (C=O) groups excluding carboxylic acids is 1. The van der Waals surface area contributed by atoms with Crippen LogP contribution in [0.25, 0.3) is 0 Å². The molecule has 2 aliphatic heterocycles. The first-order valence-electron chi connectivity index (χ1n) is 12.1. The van der Waals surface area contributed by atoms with Crippen LogP contribution in [0, 0.1) is 29.1 Å². The number of nitrogens with zero attached hydrogens (tertiary/aromatic N) is 4. The molecular formula is C26H30F3N5O. The lowest BCUT2D eigenvalue weighted by molar-refractivity contribution is -0.137. The molecule has 0 bridgehead atoms. The lowest BCUT2D eigenvalue weighted by atomic mass is 9.78. The van der Waals surface area contributed by atoms with E-state index in [1.165, 1.54) is 11.6 Å². The van der Waals surface area contributed by atoms with E-state index in [2.05, 4.69) is 21.3 Å². The van der Waals surface area contributed by atoms with E-state index in [4.69, 9.17) is 5.26 Å². The standard InChI is InChI=1S/C26H30F3N5O/c1-2-32-25(35)23-17-34(21-6-5-20(13-30)24(12-21)26(27,28)29)16-22(23)19-7-10-33(11-8-19)15-18-4-3-9-31-14-18/h3-6,9,12,14,19,22-23H,2,7-8,10-11,15-17H2,1H3,(H,32,35)/t22-,23+/m0/s1. The highest BCUT2D eigenvalue weighted by Crippen LogP contribution is 2.40. The minimum Gasteiger partial charge on any atom is -0.370 e. The molecule has 9 heteroatoms. The summed E-state index contributed by atoms with van der Waals surface area (Å²) in [7, 11) is 0. The summed E-state index contributed by atoms with van der Waals surface area (Å²) in [6, 6.07) is 9.46. The van der Waals surface area contributed by atoms with E-state index in [1.807, 2.05) is 24.1 Å². The van der Waals surface area contributed by atoms with Crippen molar-refractivity contribution in [3.8, 4) is 6.07 Å². The molecule has 0 spiro atoms. The number of likely N-dealkylation sites (tertiary alicyclic amines) is 1. The van der Waals surface area contributed by atoms with Crippen LogP contribution in [0.1, 0.15) is 36.5 Å². The number of nitriles is 1. The second kappa shape index (κ2) is 10.6. The highest BCUT2D eigenvalue weighted by molar-refractivity contribution is 5.80. The van der Waals surface area contributed by atoms with Gasteiger partial charge in [-0.2, -0.15) is 18.4 Å². The van der Waals surface area contributed by atoms with Gasteiger partial charge in [0.25, 0.3) is 0 Å². The van der Waals surface area contributed by atoms with Crippen LogP contribution in [-0.4, -0.2) is 48.5 Å². The summed E-state index contributed by atoms with van der Waals surface area (Å²) in [5.41, 5.74) is 0.249. The van der Waals surface area contributed by atoms with Gasteiger partial charge >= 0.3 is 6.18 Å². The quantitative estimate of drug-likeness (QED) is 0.668. The van der Waals surface area contributed by atoms with Crippen molar-refractivity contribution in [1.29, 1.82) is 5.26 Å². The molecule has 2 saturated heterocycles. The van der Waals surface area contributed by atoms with Crippen molar-refractivity contribution < 1.29 is 18.0 Å². The molecule has 0 radical (unpaired) electrons. The Hall–Kier alpha value is -3.12. The Kier molecular flexibility index (Phi) is 7.60. The third kappa shape index (κ3) is 5.76. The van der Waals surface area contributed by atoms with Crippen LogP contribution in [-0.2, 0) is 17.5 Å². The maximum atomic E-state index is 13.5. The van der Waals surface area contributed by atoms with Crippen molar-refractivity contribution >= 4 is 11.6 Å². The van der Waals surface area contributed by atoms with Gasteiger partial charge in [-0.25, -0.2) is 0 Å². The van der Waals surface area contributed by atoms with Crippen LogP contribution in [0.2, 0.25) is 0 Å². The van der Waals surface area contributed by atoms with Gasteiger partial charge in [-0.05, 0) is 74.5 Å². The van der Waals surface area contributed by atoms with E-state index in [0.29, 0.717) is 31.2 Å². The predicted octanol–water partition coefficient (Wildman–Crippen LogP) is 4.07. The monoisotopic (exact) mass is 485 g/mol. The summed E-state index contributed by atoms with van der Waals surface area (Å²) in [6.45, 7) is 5.93. The molecule has 2 fully saturated rings. The number of hydrogen-bond acceptors (Lipinski definition) is 5. The maximum absolute atomic E-state index is 13.5. The van der Waals surface area contributed by atoms with Gasteiger partial charge in [0.15, 0.2) is 0 Å². The van der Waals surface area contributed by atoms with Crippen LogP contribution in [0.5, 0.6) is 0 Å². The summed E-state index contributed by atoms with van der Waals surface area (Å²) in [4.78, 5) is 21.4. The van der Waals surface area contributed by atoms with E-state index >= 15 is 0 Å². The Morgan fingerprint density at radius 2 is 2.00 bits per heavy atom. The van der Waals surface area contributed by atoms with Crippen LogP contribution in [0.4, 0.5) is 18.9 Å². The summed E-state index contributed by atoms with van der Waals surface area (Å²) in [5, 5.41) is 12.0. The lowest BCUT2D eigenvalue weighted by Crippen LogP contribution is -2.41. The molecule has 1 amide bonds. The molecular weight excluding hydrogens is 455 g/mol. The molecule has 1 N–H and O–H groups in total. The molecule has 6 nitrogen and oxygen atoms in total. The molecule has 186 valence electrons. The zero-order chi connectivity index (χ0) is 25.0. The molecule has 2 atom stereocenters. The molecule has 3 heterocycles. The van der Waals surface area contributed by atoms with E-state index in [9.17, 15) is 18.0 Å². The van der Waals surface area contributed by atoms with Gasteiger partial charge in [0, 0.05) is 44.3 Å². The van der Waals surface area contributed by atoms with Gasteiger partial charge in [0.05, 0.1) is 23.1 Å². The third-order valence-corrected chi connectivity index (χ3v) is 7.21. The average Bonchev–Trinajstić information content (AvgIpc) is 3.30. The summed E-state index contributed by atoms with van der Waals surface area (Å²) in [5.74, 6) is 0.0579.